The molecule has 0 bridgehead atoms. The summed E-state index contributed by atoms with van der Waals surface area (Å²) in [5.41, 5.74) is 3.10. The van der Waals surface area contributed by atoms with Crippen LogP contribution >= 0.6 is 11.8 Å². The Morgan fingerprint density at radius 3 is 2.67 bits per heavy atom. The van der Waals surface area contributed by atoms with Gasteiger partial charge in [0.15, 0.2) is 0 Å². The van der Waals surface area contributed by atoms with Gasteiger partial charge in [-0.3, -0.25) is 4.79 Å². The van der Waals surface area contributed by atoms with Crippen LogP contribution in [0.5, 0.6) is 0 Å². The standard InChI is InChI=1S/C16H20N2O2S/c1-11(14-7-5-4-6-8-14)17-16(19)10-21-9-15-12(2)18-20-13(15)3/h4-8,11H,9-10H2,1-3H3,(H,17,19). The molecule has 4 nitrogen and oxygen atoms in total. The lowest BCUT2D eigenvalue weighted by atomic mass is 10.1. The number of hydrogen-bond acceptors (Lipinski definition) is 4. The maximum absolute atomic E-state index is 12.0. The molecular formula is C16H20N2O2S. The molecule has 5 heteroatoms. The zero-order valence-electron chi connectivity index (χ0n) is 12.6. The number of thioether (sulfide) groups is 1. The molecule has 1 unspecified atom stereocenters. The van der Waals surface area contributed by atoms with Crippen LogP contribution in [-0.4, -0.2) is 16.8 Å². The fraction of sp³-hybridized carbons (Fsp3) is 0.375. The molecule has 0 saturated carbocycles. The summed E-state index contributed by atoms with van der Waals surface area (Å²) < 4.78 is 5.11. The van der Waals surface area contributed by atoms with Crippen molar-refractivity contribution in [2.45, 2.75) is 32.6 Å². The van der Waals surface area contributed by atoms with Crippen LogP contribution in [0.15, 0.2) is 34.9 Å². The van der Waals surface area contributed by atoms with Crippen LogP contribution in [0.2, 0.25) is 0 Å². The fourth-order valence-electron chi connectivity index (χ4n) is 2.06. The second kappa shape index (κ2) is 7.31. The van der Waals surface area contributed by atoms with Crippen molar-refractivity contribution in [3.05, 3.63) is 52.9 Å². The zero-order chi connectivity index (χ0) is 15.2. The van der Waals surface area contributed by atoms with Gasteiger partial charge in [-0.25, -0.2) is 0 Å². The van der Waals surface area contributed by atoms with Gasteiger partial charge in [-0.05, 0) is 26.3 Å². The SMILES string of the molecule is Cc1noc(C)c1CSCC(=O)NC(C)c1ccccc1. The number of aryl methyl sites for hydroxylation is 2. The summed E-state index contributed by atoms with van der Waals surface area (Å²) >= 11 is 1.57. The van der Waals surface area contributed by atoms with E-state index in [9.17, 15) is 4.79 Å². The number of benzene rings is 1. The number of hydrogen-bond donors (Lipinski definition) is 1. The van der Waals surface area contributed by atoms with E-state index in [4.69, 9.17) is 4.52 Å². The van der Waals surface area contributed by atoms with Crippen LogP contribution in [-0.2, 0) is 10.5 Å². The molecule has 112 valence electrons. The highest BCUT2D eigenvalue weighted by Gasteiger charge is 2.12. The van der Waals surface area contributed by atoms with E-state index in [0.717, 1.165) is 28.3 Å². The van der Waals surface area contributed by atoms with Crippen LogP contribution in [0, 0.1) is 13.8 Å². The first-order valence-electron chi connectivity index (χ1n) is 6.91. The summed E-state index contributed by atoms with van der Waals surface area (Å²) in [7, 11) is 0. The fourth-order valence-corrected chi connectivity index (χ4v) is 3.05. The molecule has 2 rings (SSSR count). The van der Waals surface area contributed by atoms with Gasteiger partial charge in [0.05, 0.1) is 17.5 Å². The highest BCUT2D eigenvalue weighted by atomic mass is 32.2. The van der Waals surface area contributed by atoms with Gasteiger partial charge in [0, 0.05) is 11.3 Å². The summed E-state index contributed by atoms with van der Waals surface area (Å²) in [5, 5.41) is 6.92. The highest BCUT2D eigenvalue weighted by Crippen LogP contribution is 2.19. The minimum atomic E-state index is 0.0263. The molecule has 1 amide bonds. The number of nitrogens with zero attached hydrogens (tertiary/aromatic N) is 1. The maximum atomic E-state index is 12.0. The third kappa shape index (κ3) is 4.36. The van der Waals surface area contributed by atoms with Gasteiger partial charge in [0.2, 0.25) is 5.91 Å². The smallest absolute Gasteiger partial charge is 0.230 e. The predicted molar refractivity (Wildman–Crippen MR) is 85.1 cm³/mol. The summed E-state index contributed by atoms with van der Waals surface area (Å²) in [6, 6.07) is 9.98. The third-order valence-corrected chi connectivity index (χ3v) is 4.30. The molecule has 1 aromatic heterocycles. The van der Waals surface area contributed by atoms with Crippen molar-refractivity contribution < 1.29 is 9.32 Å². The summed E-state index contributed by atoms with van der Waals surface area (Å²) in [6.45, 7) is 5.81. The van der Waals surface area contributed by atoms with Crippen molar-refractivity contribution in [2.24, 2.45) is 0 Å². The molecular weight excluding hydrogens is 284 g/mol. The van der Waals surface area contributed by atoms with Gasteiger partial charge in [-0.2, -0.15) is 0 Å². The number of rotatable bonds is 6. The van der Waals surface area contributed by atoms with E-state index in [-0.39, 0.29) is 11.9 Å². The topological polar surface area (TPSA) is 55.1 Å². The Hall–Kier alpha value is -1.75. The molecule has 0 spiro atoms. The van der Waals surface area contributed by atoms with Crippen molar-refractivity contribution in [2.75, 3.05) is 5.75 Å². The van der Waals surface area contributed by atoms with E-state index in [2.05, 4.69) is 10.5 Å². The summed E-state index contributed by atoms with van der Waals surface area (Å²) in [6.07, 6.45) is 0. The number of carbonyl (C=O) groups excluding carboxylic acids is 1. The Morgan fingerprint density at radius 1 is 1.33 bits per heavy atom. The first kappa shape index (κ1) is 15.6. The Bertz CT molecular complexity index is 576. The number of aromatic nitrogens is 1. The zero-order valence-corrected chi connectivity index (χ0v) is 13.4. The van der Waals surface area contributed by atoms with Crippen LogP contribution in [0.1, 0.15) is 35.5 Å². The predicted octanol–water partition coefficient (Wildman–Crippen LogP) is 3.40. The van der Waals surface area contributed by atoms with Crippen molar-refractivity contribution in [1.82, 2.24) is 10.5 Å². The van der Waals surface area contributed by atoms with Gasteiger partial charge in [0.25, 0.3) is 0 Å². The lowest BCUT2D eigenvalue weighted by Gasteiger charge is -2.14. The lowest BCUT2D eigenvalue weighted by Crippen LogP contribution is -2.28. The molecule has 0 radical (unpaired) electrons. The molecule has 1 aromatic carbocycles. The van der Waals surface area contributed by atoms with Crippen LogP contribution in [0.3, 0.4) is 0 Å². The molecule has 0 saturated heterocycles. The van der Waals surface area contributed by atoms with Gasteiger partial charge in [0.1, 0.15) is 5.76 Å². The molecule has 0 aliphatic carbocycles. The second-order valence-electron chi connectivity index (χ2n) is 5.00. The quantitative estimate of drug-likeness (QED) is 0.888. The Morgan fingerprint density at radius 2 is 2.05 bits per heavy atom. The normalized spacial score (nSPS) is 12.1. The molecule has 0 aliphatic rings. The molecule has 21 heavy (non-hydrogen) atoms. The first-order valence-corrected chi connectivity index (χ1v) is 8.07. The van der Waals surface area contributed by atoms with Crippen LogP contribution in [0.25, 0.3) is 0 Å². The molecule has 0 fully saturated rings. The van der Waals surface area contributed by atoms with E-state index >= 15 is 0 Å². The average molecular weight is 304 g/mol. The second-order valence-corrected chi connectivity index (χ2v) is 5.98. The van der Waals surface area contributed by atoms with Crippen LogP contribution < -0.4 is 5.32 Å². The Balaban J connectivity index is 1.78. The van der Waals surface area contributed by atoms with Crippen molar-refractivity contribution >= 4 is 17.7 Å². The number of carbonyl (C=O) groups is 1. The maximum Gasteiger partial charge on any atom is 0.230 e. The van der Waals surface area contributed by atoms with E-state index in [1.807, 2.05) is 51.1 Å². The highest BCUT2D eigenvalue weighted by molar-refractivity contribution is 7.99. The molecule has 1 atom stereocenters. The molecule has 2 aromatic rings. The average Bonchev–Trinajstić information content (AvgIpc) is 2.80. The van der Waals surface area contributed by atoms with Crippen LogP contribution in [0.4, 0.5) is 0 Å². The Kier molecular flexibility index (Phi) is 5.44. The van der Waals surface area contributed by atoms with E-state index in [1.54, 1.807) is 11.8 Å². The van der Waals surface area contributed by atoms with Crippen molar-refractivity contribution in [3.8, 4) is 0 Å². The minimum Gasteiger partial charge on any atom is -0.361 e. The van der Waals surface area contributed by atoms with Gasteiger partial charge < -0.3 is 9.84 Å². The van der Waals surface area contributed by atoms with E-state index < -0.39 is 0 Å². The molecule has 1 N–H and O–H groups in total. The third-order valence-electron chi connectivity index (χ3n) is 3.34. The van der Waals surface area contributed by atoms with E-state index in [1.165, 1.54) is 0 Å². The van der Waals surface area contributed by atoms with Gasteiger partial charge in [-0.15, -0.1) is 11.8 Å². The van der Waals surface area contributed by atoms with Crippen molar-refractivity contribution in [1.29, 1.82) is 0 Å². The minimum absolute atomic E-state index is 0.0263. The largest absolute Gasteiger partial charge is 0.361 e. The number of amides is 1. The van der Waals surface area contributed by atoms with Gasteiger partial charge >= 0.3 is 0 Å². The summed E-state index contributed by atoms with van der Waals surface area (Å²) in [5.74, 6) is 2.05. The number of nitrogens with one attached hydrogen (secondary N) is 1. The monoisotopic (exact) mass is 304 g/mol. The first-order chi connectivity index (χ1) is 10.1. The molecule has 0 aliphatic heterocycles. The summed E-state index contributed by atoms with van der Waals surface area (Å²) in [4.78, 5) is 12.0. The van der Waals surface area contributed by atoms with Gasteiger partial charge in [-0.1, -0.05) is 35.5 Å². The molecule has 1 heterocycles. The van der Waals surface area contributed by atoms with E-state index in [0.29, 0.717) is 5.75 Å². The lowest BCUT2D eigenvalue weighted by molar-refractivity contribution is -0.119. The van der Waals surface area contributed by atoms with Crippen molar-refractivity contribution in [3.63, 3.8) is 0 Å². The Labute approximate surface area is 129 Å².